The molecule has 2 aliphatic rings. The minimum Gasteiger partial charge on any atom is -0.340 e. The average Bonchev–Trinajstić information content (AvgIpc) is 2.96. The Labute approximate surface area is 187 Å². The van der Waals surface area contributed by atoms with E-state index in [0.717, 1.165) is 55.3 Å². The first kappa shape index (κ1) is 20.2. The maximum atomic E-state index is 12.8. The molecule has 1 atom stereocenters. The zero-order valence-corrected chi connectivity index (χ0v) is 18.1. The molecule has 1 aromatic carbocycles. The van der Waals surface area contributed by atoms with Crippen LogP contribution in [-0.2, 0) is 24.1 Å². The van der Waals surface area contributed by atoms with Crippen molar-refractivity contribution in [3.05, 3.63) is 94.0 Å². The summed E-state index contributed by atoms with van der Waals surface area (Å²) >= 11 is 6.32. The van der Waals surface area contributed by atoms with Crippen LogP contribution in [0.25, 0.3) is 0 Å². The topological polar surface area (TPSA) is 49.3 Å². The zero-order chi connectivity index (χ0) is 21.2. The summed E-state index contributed by atoms with van der Waals surface area (Å²) in [6.45, 7) is 3.10. The largest absolute Gasteiger partial charge is 0.340 e. The van der Waals surface area contributed by atoms with Crippen LogP contribution in [0.1, 0.15) is 34.0 Å². The number of amides is 1. The molecule has 0 spiro atoms. The molecule has 2 aromatic heterocycles. The van der Waals surface area contributed by atoms with Crippen LogP contribution in [0, 0.1) is 0 Å². The molecule has 1 fully saturated rings. The van der Waals surface area contributed by atoms with Crippen molar-refractivity contribution in [2.45, 2.75) is 25.3 Å². The highest BCUT2D eigenvalue weighted by molar-refractivity contribution is 6.30. The van der Waals surface area contributed by atoms with Gasteiger partial charge in [-0.2, -0.15) is 0 Å². The second-order valence-corrected chi connectivity index (χ2v) is 8.68. The van der Waals surface area contributed by atoms with Crippen LogP contribution < -0.4 is 0 Å². The molecular weight excluding hydrogens is 408 g/mol. The standard InChI is InChI=1S/C25H25ClN4O/c26-21-5-6-22-20(17-21)4-3-19-2-1-9-28-24(19)25(22)30-14-12-29(13-15-30)23(31)16-18-7-10-27-11-8-18/h1-2,5-11,17,25H,3-4,12-16H2/t25-/m0/s1. The van der Waals surface area contributed by atoms with Crippen molar-refractivity contribution in [2.24, 2.45) is 0 Å². The Balaban J connectivity index is 1.37. The van der Waals surface area contributed by atoms with Gasteiger partial charge >= 0.3 is 0 Å². The van der Waals surface area contributed by atoms with Crippen molar-refractivity contribution >= 4 is 17.5 Å². The molecule has 0 bridgehead atoms. The fourth-order valence-corrected chi connectivity index (χ4v) is 4.96. The van der Waals surface area contributed by atoms with E-state index in [9.17, 15) is 4.79 Å². The van der Waals surface area contributed by atoms with Crippen LogP contribution in [0.4, 0.5) is 0 Å². The molecule has 0 saturated carbocycles. The normalized spacial score (nSPS) is 18.7. The average molecular weight is 433 g/mol. The van der Waals surface area contributed by atoms with Crippen LogP contribution in [-0.4, -0.2) is 51.9 Å². The third-order valence-electron chi connectivity index (χ3n) is 6.39. The lowest BCUT2D eigenvalue weighted by Crippen LogP contribution is -2.50. The summed E-state index contributed by atoms with van der Waals surface area (Å²) in [6, 6.07) is 14.4. The molecule has 3 heterocycles. The van der Waals surface area contributed by atoms with Gasteiger partial charge < -0.3 is 4.90 Å². The summed E-state index contributed by atoms with van der Waals surface area (Å²) in [5, 5.41) is 0.781. The number of carbonyl (C=O) groups excluding carboxylic acids is 1. The van der Waals surface area contributed by atoms with Crippen LogP contribution >= 0.6 is 11.6 Å². The molecular formula is C25H25ClN4O. The molecule has 0 unspecified atom stereocenters. The fraction of sp³-hybridized carbons (Fsp3) is 0.320. The Hall–Kier alpha value is -2.76. The van der Waals surface area contributed by atoms with Crippen molar-refractivity contribution in [1.82, 2.24) is 19.8 Å². The number of fused-ring (bicyclic) bond motifs is 2. The van der Waals surface area contributed by atoms with Gasteiger partial charge in [-0.05, 0) is 65.4 Å². The van der Waals surface area contributed by atoms with Crippen LogP contribution in [0.3, 0.4) is 0 Å². The van der Waals surface area contributed by atoms with Gasteiger partial charge in [0.05, 0.1) is 18.2 Å². The Morgan fingerprint density at radius 3 is 2.55 bits per heavy atom. The highest BCUT2D eigenvalue weighted by Crippen LogP contribution is 2.37. The second-order valence-electron chi connectivity index (χ2n) is 8.24. The van der Waals surface area contributed by atoms with Crippen LogP contribution in [0.5, 0.6) is 0 Å². The third kappa shape index (κ3) is 4.21. The predicted molar refractivity (Wildman–Crippen MR) is 121 cm³/mol. The van der Waals surface area contributed by atoms with E-state index >= 15 is 0 Å². The number of aromatic nitrogens is 2. The summed E-state index contributed by atoms with van der Waals surface area (Å²) in [5.74, 6) is 0.178. The minimum atomic E-state index is 0.100. The number of benzene rings is 1. The van der Waals surface area contributed by atoms with Crippen molar-refractivity contribution < 1.29 is 4.79 Å². The van der Waals surface area contributed by atoms with E-state index in [-0.39, 0.29) is 11.9 Å². The smallest absolute Gasteiger partial charge is 0.227 e. The van der Waals surface area contributed by atoms with E-state index in [1.807, 2.05) is 35.4 Å². The minimum absolute atomic E-state index is 0.100. The Kier molecular flexibility index (Phi) is 5.70. The lowest BCUT2D eigenvalue weighted by atomic mass is 9.96. The second kappa shape index (κ2) is 8.77. The van der Waals surface area contributed by atoms with Gasteiger partial charge in [-0.3, -0.25) is 19.7 Å². The number of piperazine rings is 1. The van der Waals surface area contributed by atoms with E-state index in [0.29, 0.717) is 6.42 Å². The van der Waals surface area contributed by atoms with Gasteiger partial charge in [-0.15, -0.1) is 0 Å². The Bertz CT molecular complexity index is 1080. The molecule has 158 valence electrons. The Morgan fingerprint density at radius 2 is 1.74 bits per heavy atom. The Morgan fingerprint density at radius 1 is 0.968 bits per heavy atom. The predicted octanol–water partition coefficient (Wildman–Crippen LogP) is 3.70. The maximum Gasteiger partial charge on any atom is 0.227 e. The highest BCUT2D eigenvalue weighted by Gasteiger charge is 2.33. The van der Waals surface area contributed by atoms with Gasteiger partial charge in [0.15, 0.2) is 0 Å². The van der Waals surface area contributed by atoms with E-state index in [1.54, 1.807) is 12.4 Å². The van der Waals surface area contributed by atoms with Gasteiger partial charge in [0.25, 0.3) is 0 Å². The van der Waals surface area contributed by atoms with Crippen molar-refractivity contribution in [1.29, 1.82) is 0 Å². The number of pyridine rings is 2. The maximum absolute atomic E-state index is 12.8. The quantitative estimate of drug-likeness (QED) is 0.633. The summed E-state index contributed by atoms with van der Waals surface area (Å²) in [5.41, 5.74) is 6.04. The van der Waals surface area contributed by atoms with Crippen molar-refractivity contribution in [3.63, 3.8) is 0 Å². The molecule has 1 aliphatic heterocycles. The molecule has 31 heavy (non-hydrogen) atoms. The molecule has 5 rings (SSSR count). The number of aryl methyl sites for hydroxylation is 2. The number of nitrogens with zero attached hydrogens (tertiary/aromatic N) is 4. The van der Waals surface area contributed by atoms with E-state index in [2.05, 4.69) is 28.1 Å². The zero-order valence-electron chi connectivity index (χ0n) is 17.4. The van der Waals surface area contributed by atoms with Gasteiger partial charge in [0, 0.05) is 49.8 Å². The van der Waals surface area contributed by atoms with Crippen molar-refractivity contribution in [3.8, 4) is 0 Å². The summed E-state index contributed by atoms with van der Waals surface area (Å²) in [4.78, 5) is 26.1. The van der Waals surface area contributed by atoms with E-state index < -0.39 is 0 Å². The highest BCUT2D eigenvalue weighted by atomic mass is 35.5. The van der Waals surface area contributed by atoms with Gasteiger partial charge in [-0.25, -0.2) is 0 Å². The van der Waals surface area contributed by atoms with E-state index in [4.69, 9.17) is 16.6 Å². The lowest BCUT2D eigenvalue weighted by molar-refractivity contribution is -0.132. The molecule has 1 saturated heterocycles. The first-order valence-electron chi connectivity index (χ1n) is 10.8. The van der Waals surface area contributed by atoms with Gasteiger partial charge in [0.2, 0.25) is 5.91 Å². The number of hydrogen-bond donors (Lipinski definition) is 0. The molecule has 6 heteroatoms. The van der Waals surface area contributed by atoms with Crippen molar-refractivity contribution in [2.75, 3.05) is 26.2 Å². The molecule has 0 N–H and O–H groups in total. The molecule has 1 amide bonds. The third-order valence-corrected chi connectivity index (χ3v) is 6.62. The first-order valence-corrected chi connectivity index (χ1v) is 11.2. The molecule has 1 aliphatic carbocycles. The summed E-state index contributed by atoms with van der Waals surface area (Å²) in [7, 11) is 0. The number of hydrogen-bond acceptors (Lipinski definition) is 4. The molecule has 0 radical (unpaired) electrons. The van der Waals surface area contributed by atoms with Crippen LogP contribution in [0.15, 0.2) is 61.1 Å². The molecule has 5 nitrogen and oxygen atoms in total. The van der Waals surface area contributed by atoms with Crippen LogP contribution in [0.2, 0.25) is 5.02 Å². The summed E-state index contributed by atoms with van der Waals surface area (Å²) in [6.07, 6.45) is 7.73. The number of carbonyl (C=O) groups is 1. The van der Waals surface area contributed by atoms with Gasteiger partial charge in [0.1, 0.15) is 0 Å². The van der Waals surface area contributed by atoms with E-state index in [1.165, 1.54) is 16.7 Å². The first-order chi connectivity index (χ1) is 15.2. The summed E-state index contributed by atoms with van der Waals surface area (Å²) < 4.78 is 0. The fourth-order valence-electron chi connectivity index (χ4n) is 4.77. The number of halogens is 1. The monoisotopic (exact) mass is 432 g/mol. The number of rotatable bonds is 3. The lowest BCUT2D eigenvalue weighted by Gasteiger charge is -2.39. The SMILES string of the molecule is O=C(Cc1ccncc1)N1CCN([C@H]2c3ccc(Cl)cc3CCc3cccnc32)CC1. The molecule has 3 aromatic rings. The van der Waals surface area contributed by atoms with Gasteiger partial charge in [-0.1, -0.05) is 23.7 Å².